The Bertz CT molecular complexity index is 358. The molecule has 17 heavy (non-hydrogen) atoms. The number of hydrogen-bond donors (Lipinski definition) is 1. The summed E-state index contributed by atoms with van der Waals surface area (Å²) in [6.07, 6.45) is 6.37. The first-order valence-electron chi connectivity index (χ1n) is 6.74. The Hall–Kier alpha value is -1.02. The van der Waals surface area contributed by atoms with Crippen LogP contribution in [0.1, 0.15) is 50.6 Å². The monoisotopic (exact) mass is 233 g/mol. The summed E-state index contributed by atoms with van der Waals surface area (Å²) in [4.78, 5) is 2.46. The molecule has 2 rings (SSSR count). The molecular formula is C15H23NO. The molecule has 0 aromatic heterocycles. The minimum absolute atomic E-state index is 0.347. The fourth-order valence-electron chi connectivity index (χ4n) is 3.06. The molecule has 0 heterocycles. The number of benzene rings is 1. The van der Waals surface area contributed by atoms with Crippen LogP contribution < -0.4 is 0 Å². The molecule has 2 nitrogen and oxygen atoms in total. The van der Waals surface area contributed by atoms with E-state index in [1.807, 2.05) is 12.1 Å². The summed E-state index contributed by atoms with van der Waals surface area (Å²) in [7, 11) is 2.20. The molecular weight excluding hydrogens is 210 g/mol. The largest absolute Gasteiger partial charge is 0.508 e. The van der Waals surface area contributed by atoms with E-state index in [1.54, 1.807) is 6.07 Å². The normalized spacial score (nSPS) is 18.8. The van der Waals surface area contributed by atoms with Crippen molar-refractivity contribution in [3.63, 3.8) is 0 Å². The van der Waals surface area contributed by atoms with E-state index in [-0.39, 0.29) is 0 Å². The van der Waals surface area contributed by atoms with E-state index < -0.39 is 0 Å². The van der Waals surface area contributed by atoms with Gasteiger partial charge in [0.1, 0.15) is 5.75 Å². The highest BCUT2D eigenvalue weighted by Gasteiger charge is 2.26. The van der Waals surface area contributed by atoms with Gasteiger partial charge < -0.3 is 5.11 Å². The van der Waals surface area contributed by atoms with Crippen LogP contribution in [0, 0.1) is 0 Å². The Labute approximate surface area is 104 Å². The average Bonchev–Trinajstić information content (AvgIpc) is 2.86. The molecule has 1 aromatic carbocycles. The minimum atomic E-state index is 0.347. The molecule has 2 heteroatoms. The van der Waals surface area contributed by atoms with Crippen LogP contribution in [-0.4, -0.2) is 23.1 Å². The topological polar surface area (TPSA) is 23.5 Å². The van der Waals surface area contributed by atoms with Crippen molar-refractivity contribution in [3.8, 4) is 5.75 Å². The lowest BCUT2D eigenvalue weighted by atomic mass is 10.00. The third-order valence-electron chi connectivity index (χ3n) is 4.07. The molecule has 1 unspecified atom stereocenters. The van der Waals surface area contributed by atoms with Crippen LogP contribution in [0.2, 0.25) is 0 Å². The Morgan fingerprint density at radius 1 is 1.29 bits per heavy atom. The molecule has 0 aliphatic heterocycles. The summed E-state index contributed by atoms with van der Waals surface area (Å²) >= 11 is 0. The van der Waals surface area contributed by atoms with Crippen molar-refractivity contribution in [2.24, 2.45) is 0 Å². The second kappa shape index (κ2) is 5.54. The molecule has 94 valence electrons. The highest BCUT2D eigenvalue weighted by atomic mass is 16.3. The lowest BCUT2D eigenvalue weighted by molar-refractivity contribution is 0.168. The first-order valence-corrected chi connectivity index (χ1v) is 6.74. The van der Waals surface area contributed by atoms with E-state index in [2.05, 4.69) is 24.9 Å². The SMILES string of the molecule is CCC(c1ccccc1O)N(C)C1CCCC1. The van der Waals surface area contributed by atoms with E-state index in [9.17, 15) is 5.11 Å². The maximum atomic E-state index is 9.98. The summed E-state index contributed by atoms with van der Waals surface area (Å²) in [6, 6.07) is 8.79. The summed E-state index contributed by atoms with van der Waals surface area (Å²) in [5.41, 5.74) is 1.07. The first-order chi connectivity index (χ1) is 8.24. The fourth-order valence-corrected chi connectivity index (χ4v) is 3.06. The van der Waals surface area contributed by atoms with Gasteiger partial charge in [-0.15, -0.1) is 0 Å². The van der Waals surface area contributed by atoms with Crippen molar-refractivity contribution >= 4 is 0 Å². The number of phenols is 1. The van der Waals surface area contributed by atoms with Crippen molar-refractivity contribution in [1.82, 2.24) is 4.90 Å². The number of hydrogen-bond acceptors (Lipinski definition) is 2. The molecule has 0 radical (unpaired) electrons. The van der Waals surface area contributed by atoms with Gasteiger partial charge in [-0.1, -0.05) is 38.0 Å². The summed E-state index contributed by atoms with van der Waals surface area (Å²) < 4.78 is 0. The molecule has 1 aliphatic carbocycles. The van der Waals surface area contributed by atoms with Gasteiger partial charge in [-0.2, -0.15) is 0 Å². The molecule has 1 N–H and O–H groups in total. The van der Waals surface area contributed by atoms with Crippen LogP contribution in [0.25, 0.3) is 0 Å². The number of aromatic hydroxyl groups is 1. The van der Waals surface area contributed by atoms with Gasteiger partial charge in [0.2, 0.25) is 0 Å². The van der Waals surface area contributed by atoms with Crippen molar-refractivity contribution in [3.05, 3.63) is 29.8 Å². The first kappa shape index (κ1) is 12.4. The van der Waals surface area contributed by atoms with E-state index >= 15 is 0 Å². The van der Waals surface area contributed by atoms with E-state index in [0.29, 0.717) is 17.8 Å². The predicted molar refractivity (Wildman–Crippen MR) is 71.2 cm³/mol. The third-order valence-corrected chi connectivity index (χ3v) is 4.07. The number of para-hydroxylation sites is 1. The summed E-state index contributed by atoms with van der Waals surface area (Å²) in [5, 5.41) is 9.98. The zero-order chi connectivity index (χ0) is 12.3. The summed E-state index contributed by atoms with van der Waals surface area (Å²) in [6.45, 7) is 2.20. The molecule has 1 atom stereocenters. The highest BCUT2D eigenvalue weighted by molar-refractivity contribution is 5.34. The van der Waals surface area contributed by atoms with Gasteiger partial charge in [0.25, 0.3) is 0 Å². The number of nitrogens with zero attached hydrogens (tertiary/aromatic N) is 1. The molecule has 0 amide bonds. The predicted octanol–water partition coefficient (Wildman–Crippen LogP) is 3.72. The molecule has 0 bridgehead atoms. The van der Waals surface area contributed by atoms with Crippen LogP contribution >= 0.6 is 0 Å². The van der Waals surface area contributed by atoms with Gasteiger partial charge >= 0.3 is 0 Å². The average molecular weight is 233 g/mol. The maximum Gasteiger partial charge on any atom is 0.120 e. The third kappa shape index (κ3) is 2.63. The molecule has 0 spiro atoms. The second-order valence-electron chi connectivity index (χ2n) is 5.09. The standard InChI is InChI=1S/C15H23NO/c1-3-14(13-10-6-7-11-15(13)17)16(2)12-8-4-5-9-12/h6-7,10-12,14,17H,3-5,8-9H2,1-2H3. The van der Waals surface area contributed by atoms with Gasteiger partial charge in [-0.25, -0.2) is 0 Å². The molecule has 1 fully saturated rings. The number of rotatable bonds is 4. The Kier molecular flexibility index (Phi) is 4.06. The molecule has 1 aliphatic rings. The minimum Gasteiger partial charge on any atom is -0.508 e. The number of phenolic OH excluding ortho intramolecular Hbond substituents is 1. The smallest absolute Gasteiger partial charge is 0.120 e. The zero-order valence-electron chi connectivity index (χ0n) is 10.9. The van der Waals surface area contributed by atoms with Gasteiger partial charge in [0.15, 0.2) is 0 Å². The van der Waals surface area contributed by atoms with Crippen LogP contribution in [0.5, 0.6) is 5.75 Å². The zero-order valence-corrected chi connectivity index (χ0v) is 10.9. The quantitative estimate of drug-likeness (QED) is 0.856. The Morgan fingerprint density at radius 3 is 2.53 bits per heavy atom. The highest BCUT2D eigenvalue weighted by Crippen LogP contribution is 2.34. The van der Waals surface area contributed by atoms with Crippen molar-refractivity contribution in [2.75, 3.05) is 7.05 Å². The Morgan fingerprint density at radius 2 is 1.94 bits per heavy atom. The maximum absolute atomic E-state index is 9.98. The van der Waals surface area contributed by atoms with E-state index in [4.69, 9.17) is 0 Å². The lowest BCUT2D eigenvalue weighted by Gasteiger charge is -2.33. The second-order valence-corrected chi connectivity index (χ2v) is 5.09. The van der Waals surface area contributed by atoms with Gasteiger partial charge in [0, 0.05) is 17.6 Å². The van der Waals surface area contributed by atoms with E-state index in [0.717, 1.165) is 12.0 Å². The summed E-state index contributed by atoms with van der Waals surface area (Å²) in [5.74, 6) is 0.434. The van der Waals surface area contributed by atoms with Crippen molar-refractivity contribution in [1.29, 1.82) is 0 Å². The van der Waals surface area contributed by atoms with Crippen molar-refractivity contribution < 1.29 is 5.11 Å². The van der Waals surface area contributed by atoms with Gasteiger partial charge in [0.05, 0.1) is 0 Å². The Balaban J connectivity index is 2.18. The van der Waals surface area contributed by atoms with Crippen molar-refractivity contribution in [2.45, 2.75) is 51.1 Å². The van der Waals surface area contributed by atoms with Crippen LogP contribution in [-0.2, 0) is 0 Å². The molecule has 1 saturated carbocycles. The molecule has 1 aromatic rings. The van der Waals surface area contributed by atoms with Crippen LogP contribution in [0.3, 0.4) is 0 Å². The van der Waals surface area contributed by atoms with Crippen LogP contribution in [0.4, 0.5) is 0 Å². The van der Waals surface area contributed by atoms with E-state index in [1.165, 1.54) is 25.7 Å². The lowest BCUT2D eigenvalue weighted by Crippen LogP contribution is -2.33. The van der Waals surface area contributed by atoms with Gasteiger partial charge in [-0.3, -0.25) is 4.90 Å². The fraction of sp³-hybridized carbons (Fsp3) is 0.600. The van der Waals surface area contributed by atoms with Crippen LogP contribution in [0.15, 0.2) is 24.3 Å². The molecule has 0 saturated heterocycles. The van der Waals surface area contributed by atoms with Gasteiger partial charge in [-0.05, 0) is 32.4 Å².